The van der Waals surface area contributed by atoms with Crippen LogP contribution in [0.5, 0.6) is 11.5 Å². The van der Waals surface area contributed by atoms with Gasteiger partial charge in [0.15, 0.2) is 0 Å². The van der Waals surface area contributed by atoms with Crippen LogP contribution in [0.2, 0.25) is 5.02 Å². The fraction of sp³-hybridized carbons (Fsp3) is 0.0714. The van der Waals surface area contributed by atoms with Crippen molar-refractivity contribution < 1.29 is 4.74 Å². The van der Waals surface area contributed by atoms with Crippen LogP contribution in [0.4, 0.5) is 0 Å². The molecule has 0 aliphatic rings. The Bertz CT molecular complexity index is 596. The summed E-state index contributed by atoms with van der Waals surface area (Å²) in [5.41, 5.74) is 7.15. The smallest absolute Gasteiger partial charge is 0.138 e. The molecule has 0 saturated carbocycles. The number of aryl methyl sites for hydroxylation is 1. The summed E-state index contributed by atoms with van der Waals surface area (Å²) in [4.78, 5) is 0. The Morgan fingerprint density at radius 2 is 2.00 bits per heavy atom. The van der Waals surface area contributed by atoms with Crippen molar-refractivity contribution >= 4 is 17.4 Å². The van der Waals surface area contributed by atoms with Crippen molar-refractivity contribution in [2.24, 2.45) is 5.73 Å². The molecule has 0 atom stereocenters. The van der Waals surface area contributed by atoms with Gasteiger partial charge in [0.05, 0.1) is 5.56 Å². The number of nitrogens with two attached hydrogens (primary N) is 1. The fourth-order valence-corrected chi connectivity index (χ4v) is 1.78. The topological polar surface area (TPSA) is 59.1 Å². The fourth-order valence-electron chi connectivity index (χ4n) is 1.60. The summed E-state index contributed by atoms with van der Waals surface area (Å²) >= 11 is 5.89. The molecule has 0 heterocycles. The lowest BCUT2D eigenvalue weighted by molar-refractivity contribution is 0.481. The molecule has 0 fully saturated rings. The lowest BCUT2D eigenvalue weighted by atomic mass is 10.1. The minimum Gasteiger partial charge on any atom is -0.457 e. The Hall–Kier alpha value is -2.00. The number of halogens is 1. The number of nitrogens with one attached hydrogen (secondary N) is 1. The molecule has 2 aromatic rings. The predicted molar refractivity (Wildman–Crippen MR) is 73.7 cm³/mol. The molecular weight excluding hydrogens is 248 g/mol. The van der Waals surface area contributed by atoms with E-state index in [4.69, 9.17) is 27.5 Å². The van der Waals surface area contributed by atoms with Crippen molar-refractivity contribution in [3.8, 4) is 11.5 Å². The second-order valence-corrected chi connectivity index (χ2v) is 4.41. The Kier molecular flexibility index (Phi) is 3.53. The summed E-state index contributed by atoms with van der Waals surface area (Å²) in [6.45, 7) is 1.94. The van der Waals surface area contributed by atoms with E-state index < -0.39 is 0 Å². The molecule has 4 heteroatoms. The van der Waals surface area contributed by atoms with E-state index in [1.165, 1.54) is 0 Å². The zero-order valence-corrected chi connectivity index (χ0v) is 10.7. The average Bonchev–Trinajstić information content (AvgIpc) is 2.31. The monoisotopic (exact) mass is 260 g/mol. The van der Waals surface area contributed by atoms with Gasteiger partial charge in [-0.1, -0.05) is 29.3 Å². The van der Waals surface area contributed by atoms with Crippen molar-refractivity contribution in [3.05, 3.63) is 58.6 Å². The first-order valence-corrected chi connectivity index (χ1v) is 5.82. The number of amidine groups is 1. The van der Waals surface area contributed by atoms with Crippen LogP contribution in [-0.2, 0) is 0 Å². The van der Waals surface area contributed by atoms with Crippen molar-refractivity contribution in [3.63, 3.8) is 0 Å². The molecule has 3 nitrogen and oxygen atoms in total. The quantitative estimate of drug-likeness (QED) is 0.653. The van der Waals surface area contributed by atoms with E-state index in [0.717, 1.165) is 5.56 Å². The molecule has 0 aliphatic heterocycles. The molecule has 0 unspecified atom stereocenters. The van der Waals surface area contributed by atoms with Crippen LogP contribution in [0.25, 0.3) is 0 Å². The van der Waals surface area contributed by atoms with Gasteiger partial charge in [-0.25, -0.2) is 0 Å². The Balaban J connectivity index is 2.37. The average molecular weight is 261 g/mol. The maximum atomic E-state index is 7.55. The van der Waals surface area contributed by atoms with Gasteiger partial charge in [-0.3, -0.25) is 5.41 Å². The number of nitrogen functional groups attached to an aromatic ring is 1. The van der Waals surface area contributed by atoms with Gasteiger partial charge in [-0.15, -0.1) is 0 Å². The van der Waals surface area contributed by atoms with Crippen LogP contribution >= 0.6 is 11.6 Å². The lowest BCUT2D eigenvalue weighted by Crippen LogP contribution is -2.12. The summed E-state index contributed by atoms with van der Waals surface area (Å²) in [6.07, 6.45) is 0. The Labute approximate surface area is 111 Å². The second-order valence-electron chi connectivity index (χ2n) is 3.97. The normalized spacial score (nSPS) is 10.1. The van der Waals surface area contributed by atoms with E-state index in [1.54, 1.807) is 30.3 Å². The van der Waals surface area contributed by atoms with E-state index in [2.05, 4.69) is 0 Å². The van der Waals surface area contributed by atoms with E-state index in [9.17, 15) is 0 Å². The summed E-state index contributed by atoms with van der Waals surface area (Å²) in [7, 11) is 0. The molecule has 0 aliphatic carbocycles. The SMILES string of the molecule is Cc1ccc(Oc2cccc(Cl)c2)c(C(=N)N)c1. The number of hydrogen-bond donors (Lipinski definition) is 2. The van der Waals surface area contributed by atoms with E-state index in [0.29, 0.717) is 22.1 Å². The van der Waals surface area contributed by atoms with Gasteiger partial charge in [0.1, 0.15) is 17.3 Å². The van der Waals surface area contributed by atoms with Gasteiger partial charge in [0.25, 0.3) is 0 Å². The van der Waals surface area contributed by atoms with Crippen molar-refractivity contribution in [2.75, 3.05) is 0 Å². The molecule has 2 aromatic carbocycles. The third-order valence-electron chi connectivity index (χ3n) is 2.45. The maximum absolute atomic E-state index is 7.55. The van der Waals surface area contributed by atoms with Crippen LogP contribution in [-0.4, -0.2) is 5.84 Å². The first-order chi connectivity index (χ1) is 8.56. The van der Waals surface area contributed by atoms with Crippen molar-refractivity contribution in [2.45, 2.75) is 6.92 Å². The van der Waals surface area contributed by atoms with E-state index in [-0.39, 0.29) is 5.84 Å². The predicted octanol–water partition coefficient (Wildman–Crippen LogP) is 3.72. The minimum absolute atomic E-state index is 0.0178. The van der Waals surface area contributed by atoms with Gasteiger partial charge in [-0.05, 0) is 37.3 Å². The Morgan fingerprint density at radius 1 is 1.22 bits per heavy atom. The molecule has 0 bridgehead atoms. The molecule has 0 radical (unpaired) electrons. The van der Waals surface area contributed by atoms with Crippen LogP contribution < -0.4 is 10.5 Å². The van der Waals surface area contributed by atoms with E-state index >= 15 is 0 Å². The summed E-state index contributed by atoms with van der Waals surface area (Å²) in [5, 5.41) is 8.15. The molecule has 18 heavy (non-hydrogen) atoms. The minimum atomic E-state index is -0.0178. The number of hydrogen-bond acceptors (Lipinski definition) is 2. The van der Waals surface area contributed by atoms with Crippen LogP contribution in [0.3, 0.4) is 0 Å². The third kappa shape index (κ3) is 2.81. The third-order valence-corrected chi connectivity index (χ3v) is 2.68. The summed E-state index contributed by atoms with van der Waals surface area (Å²) in [5.74, 6) is 1.15. The molecular formula is C14H13ClN2O. The van der Waals surface area contributed by atoms with Crippen molar-refractivity contribution in [1.29, 1.82) is 5.41 Å². The standard InChI is InChI=1S/C14H13ClN2O/c1-9-5-6-13(12(7-9)14(16)17)18-11-4-2-3-10(15)8-11/h2-8H,1H3,(H3,16,17). The molecule has 3 N–H and O–H groups in total. The number of ether oxygens (including phenoxy) is 1. The van der Waals surface area contributed by atoms with Crippen LogP contribution in [0.1, 0.15) is 11.1 Å². The molecule has 0 amide bonds. The molecule has 0 saturated heterocycles. The highest BCUT2D eigenvalue weighted by Gasteiger charge is 2.08. The molecule has 0 aromatic heterocycles. The second kappa shape index (κ2) is 5.10. The Morgan fingerprint density at radius 3 is 2.67 bits per heavy atom. The number of benzene rings is 2. The highest BCUT2D eigenvalue weighted by Crippen LogP contribution is 2.27. The van der Waals surface area contributed by atoms with Crippen molar-refractivity contribution in [1.82, 2.24) is 0 Å². The van der Waals surface area contributed by atoms with Gasteiger partial charge in [-0.2, -0.15) is 0 Å². The van der Waals surface area contributed by atoms with E-state index in [1.807, 2.05) is 19.1 Å². The first kappa shape index (κ1) is 12.5. The summed E-state index contributed by atoms with van der Waals surface area (Å²) < 4.78 is 5.70. The molecule has 2 rings (SSSR count). The lowest BCUT2D eigenvalue weighted by Gasteiger charge is -2.11. The van der Waals surface area contributed by atoms with Gasteiger partial charge in [0, 0.05) is 5.02 Å². The largest absolute Gasteiger partial charge is 0.457 e. The van der Waals surface area contributed by atoms with Gasteiger partial charge >= 0.3 is 0 Å². The first-order valence-electron chi connectivity index (χ1n) is 5.45. The summed E-state index contributed by atoms with van der Waals surface area (Å²) in [6, 6.07) is 12.6. The highest BCUT2D eigenvalue weighted by atomic mass is 35.5. The van der Waals surface area contributed by atoms with Gasteiger partial charge < -0.3 is 10.5 Å². The molecule has 0 spiro atoms. The highest BCUT2D eigenvalue weighted by molar-refractivity contribution is 6.30. The van der Waals surface area contributed by atoms with Gasteiger partial charge in [0.2, 0.25) is 0 Å². The zero-order valence-electron chi connectivity index (χ0n) is 9.91. The molecule has 92 valence electrons. The van der Waals surface area contributed by atoms with Crippen LogP contribution in [0.15, 0.2) is 42.5 Å². The van der Waals surface area contributed by atoms with Crippen LogP contribution in [0, 0.1) is 12.3 Å². The maximum Gasteiger partial charge on any atom is 0.138 e. The zero-order chi connectivity index (χ0) is 13.1. The number of rotatable bonds is 3.